The minimum Gasteiger partial charge on any atom is -0.495 e. The quantitative estimate of drug-likeness (QED) is 0.613. The summed E-state index contributed by atoms with van der Waals surface area (Å²) in [5.74, 6) is 0.154. The van der Waals surface area contributed by atoms with E-state index >= 15 is 0 Å². The van der Waals surface area contributed by atoms with Gasteiger partial charge in [-0.25, -0.2) is 4.79 Å². The number of ether oxygens (including phenoxy) is 2. The number of pyridine rings is 1. The lowest BCUT2D eigenvalue weighted by atomic mass is 10.2. The first kappa shape index (κ1) is 11.0. The zero-order valence-corrected chi connectivity index (χ0v) is 9.50. The van der Waals surface area contributed by atoms with E-state index in [4.69, 9.17) is 4.74 Å². The van der Waals surface area contributed by atoms with Gasteiger partial charge in [-0.3, -0.25) is 4.98 Å². The number of esters is 1. The number of hydrogen-bond acceptors (Lipinski definition) is 4. The molecule has 0 fully saturated rings. The van der Waals surface area contributed by atoms with Crippen LogP contribution >= 0.6 is 15.9 Å². The number of carbonyl (C=O) groups is 1. The van der Waals surface area contributed by atoms with Gasteiger partial charge in [0.1, 0.15) is 5.75 Å². The molecule has 76 valence electrons. The van der Waals surface area contributed by atoms with Gasteiger partial charge in [-0.05, 0) is 6.07 Å². The molecule has 5 heteroatoms. The summed E-state index contributed by atoms with van der Waals surface area (Å²) in [7, 11) is 2.86. The van der Waals surface area contributed by atoms with E-state index < -0.39 is 5.97 Å². The standard InChI is InChI=1S/C9H10BrNO3/c1-13-8-3-6(9(12)14-2)5-11-7(8)4-10/h3,5H,4H2,1-2H3. The summed E-state index contributed by atoms with van der Waals surface area (Å²) in [5.41, 5.74) is 1.13. The second-order valence-corrected chi connectivity index (χ2v) is 3.06. The summed E-state index contributed by atoms with van der Waals surface area (Å²) >= 11 is 3.27. The molecule has 0 aliphatic rings. The Bertz CT molecular complexity index is 341. The molecule has 0 aliphatic heterocycles. The number of hydrogen-bond donors (Lipinski definition) is 0. The van der Waals surface area contributed by atoms with Gasteiger partial charge in [-0.2, -0.15) is 0 Å². The molecular weight excluding hydrogens is 250 g/mol. The molecular formula is C9H10BrNO3. The summed E-state index contributed by atoms with van der Waals surface area (Å²) in [4.78, 5) is 15.2. The van der Waals surface area contributed by atoms with Crippen molar-refractivity contribution in [3.05, 3.63) is 23.5 Å². The third kappa shape index (κ3) is 2.23. The number of alkyl halides is 1. The maximum Gasteiger partial charge on any atom is 0.339 e. The third-order valence-corrected chi connectivity index (χ3v) is 2.23. The number of rotatable bonds is 3. The van der Waals surface area contributed by atoms with Gasteiger partial charge in [0.05, 0.1) is 25.5 Å². The van der Waals surface area contributed by atoms with Gasteiger partial charge < -0.3 is 9.47 Å². The second-order valence-electron chi connectivity index (χ2n) is 2.50. The molecule has 0 aliphatic carbocycles. The Hall–Kier alpha value is -1.10. The molecule has 0 spiro atoms. The van der Waals surface area contributed by atoms with Crippen LogP contribution in [0.3, 0.4) is 0 Å². The van der Waals surface area contributed by atoms with Gasteiger partial charge in [0.15, 0.2) is 0 Å². The summed E-state index contributed by atoms with van der Waals surface area (Å²) in [5, 5.41) is 0.581. The SMILES string of the molecule is COC(=O)c1cnc(CBr)c(OC)c1. The van der Waals surface area contributed by atoms with Crippen LogP contribution in [0.15, 0.2) is 12.3 Å². The van der Waals surface area contributed by atoms with Crippen LogP contribution in [0.2, 0.25) is 0 Å². The van der Waals surface area contributed by atoms with Gasteiger partial charge in [-0.15, -0.1) is 0 Å². The van der Waals surface area contributed by atoms with Gasteiger partial charge in [0, 0.05) is 11.5 Å². The molecule has 1 heterocycles. The van der Waals surface area contributed by atoms with Crippen molar-refractivity contribution in [1.29, 1.82) is 0 Å². The van der Waals surface area contributed by atoms with E-state index in [2.05, 4.69) is 25.7 Å². The van der Waals surface area contributed by atoms with Crippen LogP contribution in [0.1, 0.15) is 16.1 Å². The Labute approximate surface area is 90.4 Å². The predicted octanol–water partition coefficient (Wildman–Crippen LogP) is 1.77. The fraction of sp³-hybridized carbons (Fsp3) is 0.333. The van der Waals surface area contributed by atoms with E-state index in [1.54, 1.807) is 6.07 Å². The Morgan fingerprint density at radius 2 is 2.29 bits per heavy atom. The van der Waals surface area contributed by atoms with Gasteiger partial charge >= 0.3 is 5.97 Å². The Kier molecular flexibility index (Phi) is 3.88. The molecule has 4 nitrogen and oxygen atoms in total. The van der Waals surface area contributed by atoms with E-state index in [9.17, 15) is 4.79 Å². The number of methoxy groups -OCH3 is 2. The largest absolute Gasteiger partial charge is 0.495 e. The van der Waals surface area contributed by atoms with E-state index in [1.165, 1.54) is 20.4 Å². The lowest BCUT2D eigenvalue weighted by Crippen LogP contribution is -2.04. The molecule has 0 N–H and O–H groups in total. The summed E-state index contributed by atoms with van der Waals surface area (Å²) in [6.45, 7) is 0. The van der Waals surface area contributed by atoms with E-state index in [-0.39, 0.29) is 0 Å². The van der Waals surface area contributed by atoms with E-state index in [0.29, 0.717) is 16.6 Å². The van der Waals surface area contributed by atoms with Crippen LogP contribution in [0.4, 0.5) is 0 Å². The fourth-order valence-corrected chi connectivity index (χ4v) is 1.40. The van der Waals surface area contributed by atoms with E-state index in [1.807, 2.05) is 0 Å². The molecule has 14 heavy (non-hydrogen) atoms. The minimum atomic E-state index is -0.420. The number of carbonyl (C=O) groups excluding carboxylic acids is 1. The minimum absolute atomic E-state index is 0.383. The van der Waals surface area contributed by atoms with Crippen LogP contribution in [-0.2, 0) is 10.1 Å². The van der Waals surface area contributed by atoms with Crippen molar-refractivity contribution in [2.24, 2.45) is 0 Å². The van der Waals surface area contributed by atoms with Crippen LogP contribution in [0.25, 0.3) is 0 Å². The van der Waals surface area contributed by atoms with E-state index in [0.717, 1.165) is 5.69 Å². The molecule has 0 radical (unpaired) electrons. The zero-order valence-electron chi connectivity index (χ0n) is 7.91. The Morgan fingerprint density at radius 3 is 2.79 bits per heavy atom. The average molecular weight is 260 g/mol. The normalized spacial score (nSPS) is 9.64. The van der Waals surface area contributed by atoms with Crippen LogP contribution in [0, 0.1) is 0 Å². The summed E-state index contributed by atoms with van der Waals surface area (Å²) in [6, 6.07) is 1.61. The molecule has 0 aromatic carbocycles. The molecule has 1 aromatic rings. The third-order valence-electron chi connectivity index (χ3n) is 1.70. The van der Waals surface area contributed by atoms with Gasteiger partial charge in [-0.1, -0.05) is 15.9 Å². The molecule has 0 amide bonds. The topological polar surface area (TPSA) is 48.4 Å². The highest BCUT2D eigenvalue weighted by Gasteiger charge is 2.10. The predicted molar refractivity (Wildman–Crippen MR) is 54.8 cm³/mol. The van der Waals surface area contributed by atoms with Gasteiger partial charge in [0.25, 0.3) is 0 Å². The van der Waals surface area contributed by atoms with Crippen LogP contribution in [-0.4, -0.2) is 25.2 Å². The zero-order chi connectivity index (χ0) is 10.6. The number of nitrogens with zero attached hydrogens (tertiary/aromatic N) is 1. The number of halogens is 1. The van der Waals surface area contributed by atoms with Crippen molar-refractivity contribution in [3.8, 4) is 5.75 Å². The highest BCUT2D eigenvalue weighted by atomic mass is 79.9. The molecule has 0 bridgehead atoms. The Balaban J connectivity index is 3.07. The molecule has 1 aromatic heterocycles. The summed E-state index contributed by atoms with van der Waals surface area (Å²) in [6.07, 6.45) is 1.46. The first-order chi connectivity index (χ1) is 6.72. The average Bonchev–Trinajstić information content (AvgIpc) is 2.26. The fourth-order valence-electron chi connectivity index (χ4n) is 0.979. The van der Waals surface area contributed by atoms with Crippen molar-refractivity contribution >= 4 is 21.9 Å². The van der Waals surface area contributed by atoms with Crippen molar-refractivity contribution in [2.45, 2.75) is 5.33 Å². The molecule has 0 atom stereocenters. The second kappa shape index (κ2) is 4.95. The molecule has 0 saturated carbocycles. The lowest BCUT2D eigenvalue weighted by molar-refractivity contribution is 0.0600. The molecule has 0 unspecified atom stereocenters. The van der Waals surface area contributed by atoms with Crippen molar-refractivity contribution in [3.63, 3.8) is 0 Å². The van der Waals surface area contributed by atoms with Crippen LogP contribution < -0.4 is 4.74 Å². The monoisotopic (exact) mass is 259 g/mol. The smallest absolute Gasteiger partial charge is 0.339 e. The highest BCUT2D eigenvalue weighted by molar-refractivity contribution is 9.08. The van der Waals surface area contributed by atoms with Crippen LogP contribution in [0.5, 0.6) is 5.75 Å². The van der Waals surface area contributed by atoms with Crippen molar-refractivity contribution in [1.82, 2.24) is 4.98 Å². The van der Waals surface area contributed by atoms with Crippen molar-refractivity contribution < 1.29 is 14.3 Å². The first-order valence-corrected chi connectivity index (χ1v) is 5.02. The van der Waals surface area contributed by atoms with Gasteiger partial charge in [0.2, 0.25) is 0 Å². The number of aromatic nitrogens is 1. The molecule has 1 rings (SSSR count). The highest BCUT2D eigenvalue weighted by Crippen LogP contribution is 2.20. The maximum absolute atomic E-state index is 11.2. The first-order valence-electron chi connectivity index (χ1n) is 3.90. The molecule has 0 saturated heterocycles. The summed E-state index contributed by atoms with van der Waals surface area (Å²) < 4.78 is 9.63. The Morgan fingerprint density at radius 1 is 1.57 bits per heavy atom. The maximum atomic E-state index is 11.2. The van der Waals surface area contributed by atoms with Crippen molar-refractivity contribution in [2.75, 3.05) is 14.2 Å². The lowest BCUT2D eigenvalue weighted by Gasteiger charge is -2.06.